The molecule has 1 heterocycles. The van der Waals surface area contributed by atoms with Crippen molar-refractivity contribution < 1.29 is 18.0 Å². The van der Waals surface area contributed by atoms with Crippen LogP contribution >= 0.6 is 11.6 Å². The molecule has 1 aromatic heterocycles. The van der Waals surface area contributed by atoms with Gasteiger partial charge in [0.05, 0.1) is 11.4 Å². The van der Waals surface area contributed by atoms with Crippen LogP contribution in [0.4, 0.5) is 30.4 Å². The molecule has 0 saturated carbocycles. The standard InChI is InChI=1S/C13H9ClF3N3O/c14-10-6-3-7-11(20-10)18-8-4-1-2-5-9(8)19-12(21)13(15,16)17/h1-7H,(H,18,20)(H,19,21). The van der Waals surface area contributed by atoms with E-state index >= 15 is 0 Å². The normalized spacial score (nSPS) is 11.0. The minimum atomic E-state index is -4.96. The number of para-hydroxylation sites is 2. The van der Waals surface area contributed by atoms with Crippen LogP contribution < -0.4 is 10.6 Å². The molecule has 0 spiro atoms. The molecule has 1 amide bonds. The molecular formula is C13H9ClF3N3O. The minimum Gasteiger partial charge on any atom is -0.338 e. The van der Waals surface area contributed by atoms with Crippen LogP contribution in [0.3, 0.4) is 0 Å². The van der Waals surface area contributed by atoms with Crippen LogP contribution in [0.15, 0.2) is 42.5 Å². The van der Waals surface area contributed by atoms with E-state index in [2.05, 4.69) is 10.3 Å². The van der Waals surface area contributed by atoms with Gasteiger partial charge in [-0.3, -0.25) is 4.79 Å². The Hall–Kier alpha value is -2.28. The number of carbonyl (C=O) groups excluding carboxylic acids is 1. The maximum Gasteiger partial charge on any atom is 0.471 e. The molecule has 21 heavy (non-hydrogen) atoms. The second-order valence-corrected chi connectivity index (χ2v) is 4.36. The molecule has 110 valence electrons. The highest BCUT2D eigenvalue weighted by Gasteiger charge is 2.38. The van der Waals surface area contributed by atoms with E-state index in [-0.39, 0.29) is 16.5 Å². The third kappa shape index (κ3) is 4.09. The SMILES string of the molecule is O=C(Nc1ccccc1Nc1cccc(Cl)n1)C(F)(F)F. The number of pyridine rings is 1. The number of alkyl halides is 3. The second-order valence-electron chi connectivity index (χ2n) is 3.97. The number of nitrogens with zero attached hydrogens (tertiary/aromatic N) is 1. The second kappa shape index (κ2) is 6.01. The summed E-state index contributed by atoms with van der Waals surface area (Å²) in [4.78, 5) is 14.9. The molecule has 0 aliphatic rings. The van der Waals surface area contributed by atoms with Crippen LogP contribution in [0.25, 0.3) is 0 Å². The van der Waals surface area contributed by atoms with Crippen molar-refractivity contribution in [2.75, 3.05) is 10.6 Å². The first-order valence-electron chi connectivity index (χ1n) is 5.73. The Bertz CT molecular complexity index is 661. The van der Waals surface area contributed by atoms with Crippen LogP contribution in [0.2, 0.25) is 5.15 Å². The molecule has 1 aromatic carbocycles. The lowest BCUT2D eigenvalue weighted by molar-refractivity contribution is -0.167. The number of halogens is 4. The molecule has 0 unspecified atom stereocenters. The Labute approximate surface area is 122 Å². The summed E-state index contributed by atoms with van der Waals surface area (Å²) in [5, 5.41) is 4.82. The predicted molar refractivity (Wildman–Crippen MR) is 73.7 cm³/mol. The van der Waals surface area contributed by atoms with E-state index in [1.165, 1.54) is 18.2 Å². The number of carbonyl (C=O) groups is 1. The number of hydrogen-bond donors (Lipinski definition) is 2. The van der Waals surface area contributed by atoms with Gasteiger partial charge in [-0.25, -0.2) is 4.98 Å². The molecular weight excluding hydrogens is 307 g/mol. The number of aromatic nitrogens is 1. The Kier molecular flexibility index (Phi) is 4.32. The van der Waals surface area contributed by atoms with Crippen molar-refractivity contribution in [2.24, 2.45) is 0 Å². The van der Waals surface area contributed by atoms with Gasteiger partial charge in [0.15, 0.2) is 0 Å². The van der Waals surface area contributed by atoms with Crippen molar-refractivity contribution in [3.05, 3.63) is 47.6 Å². The molecule has 0 saturated heterocycles. The average Bonchev–Trinajstić information content (AvgIpc) is 2.40. The van der Waals surface area contributed by atoms with Gasteiger partial charge in [0.25, 0.3) is 0 Å². The van der Waals surface area contributed by atoms with E-state index in [9.17, 15) is 18.0 Å². The van der Waals surface area contributed by atoms with Gasteiger partial charge in [-0.05, 0) is 24.3 Å². The smallest absolute Gasteiger partial charge is 0.338 e. The van der Waals surface area contributed by atoms with Gasteiger partial charge in [-0.15, -0.1) is 0 Å². The summed E-state index contributed by atoms with van der Waals surface area (Å²) in [7, 11) is 0. The van der Waals surface area contributed by atoms with E-state index in [1.807, 2.05) is 0 Å². The van der Waals surface area contributed by atoms with Gasteiger partial charge in [0.1, 0.15) is 11.0 Å². The third-order valence-electron chi connectivity index (χ3n) is 2.41. The molecule has 2 rings (SSSR count). The number of amides is 1. The van der Waals surface area contributed by atoms with E-state index in [4.69, 9.17) is 11.6 Å². The fraction of sp³-hybridized carbons (Fsp3) is 0.0769. The number of nitrogens with one attached hydrogen (secondary N) is 2. The highest BCUT2D eigenvalue weighted by atomic mass is 35.5. The molecule has 0 aliphatic heterocycles. The summed E-state index contributed by atoms with van der Waals surface area (Å²) in [5.74, 6) is -1.70. The number of hydrogen-bond acceptors (Lipinski definition) is 3. The Balaban J connectivity index is 2.23. The van der Waals surface area contributed by atoms with Crippen molar-refractivity contribution in [1.82, 2.24) is 4.98 Å². The van der Waals surface area contributed by atoms with Gasteiger partial charge in [0, 0.05) is 0 Å². The fourth-order valence-corrected chi connectivity index (χ4v) is 1.67. The number of anilines is 3. The zero-order valence-corrected chi connectivity index (χ0v) is 11.2. The molecule has 2 aromatic rings. The lowest BCUT2D eigenvalue weighted by Crippen LogP contribution is -2.30. The Morgan fingerprint density at radius 3 is 2.33 bits per heavy atom. The topological polar surface area (TPSA) is 54.0 Å². The number of rotatable bonds is 3. The maximum atomic E-state index is 12.3. The molecule has 2 N–H and O–H groups in total. The third-order valence-corrected chi connectivity index (χ3v) is 2.62. The maximum absolute atomic E-state index is 12.3. The fourth-order valence-electron chi connectivity index (χ4n) is 1.51. The van der Waals surface area contributed by atoms with Crippen LogP contribution in [-0.4, -0.2) is 17.1 Å². The lowest BCUT2D eigenvalue weighted by Gasteiger charge is -2.13. The minimum absolute atomic E-state index is 0.0124. The molecule has 0 atom stereocenters. The Morgan fingerprint density at radius 1 is 1.05 bits per heavy atom. The van der Waals surface area contributed by atoms with Crippen molar-refractivity contribution in [3.8, 4) is 0 Å². The molecule has 8 heteroatoms. The van der Waals surface area contributed by atoms with Gasteiger partial charge in [0.2, 0.25) is 0 Å². The molecule has 0 bridgehead atoms. The quantitative estimate of drug-likeness (QED) is 0.842. The highest BCUT2D eigenvalue weighted by Crippen LogP contribution is 2.27. The predicted octanol–water partition coefficient (Wildman–Crippen LogP) is 3.98. The van der Waals surface area contributed by atoms with Gasteiger partial charge < -0.3 is 10.6 Å². The highest BCUT2D eigenvalue weighted by molar-refractivity contribution is 6.29. The van der Waals surface area contributed by atoms with Crippen LogP contribution in [0.5, 0.6) is 0 Å². The van der Waals surface area contributed by atoms with E-state index in [0.29, 0.717) is 5.82 Å². The first-order valence-corrected chi connectivity index (χ1v) is 6.11. The average molecular weight is 316 g/mol. The van der Waals surface area contributed by atoms with E-state index in [0.717, 1.165) is 0 Å². The largest absolute Gasteiger partial charge is 0.471 e. The summed E-state index contributed by atoms with van der Waals surface area (Å²) < 4.78 is 36.9. The van der Waals surface area contributed by atoms with Crippen LogP contribution in [0, 0.1) is 0 Å². The number of benzene rings is 1. The molecule has 0 fully saturated rings. The lowest BCUT2D eigenvalue weighted by atomic mass is 10.2. The molecule has 0 radical (unpaired) electrons. The van der Waals surface area contributed by atoms with Crippen molar-refractivity contribution >= 4 is 34.7 Å². The van der Waals surface area contributed by atoms with Crippen molar-refractivity contribution in [1.29, 1.82) is 0 Å². The van der Waals surface area contributed by atoms with Crippen LogP contribution in [0.1, 0.15) is 0 Å². The summed E-state index contributed by atoms with van der Waals surface area (Å²) >= 11 is 5.73. The summed E-state index contributed by atoms with van der Waals surface area (Å²) in [5.41, 5.74) is 0.256. The van der Waals surface area contributed by atoms with E-state index in [1.54, 1.807) is 29.6 Å². The van der Waals surface area contributed by atoms with Gasteiger partial charge >= 0.3 is 12.1 Å². The summed E-state index contributed by atoms with van der Waals surface area (Å²) in [6.45, 7) is 0. The first-order chi connectivity index (χ1) is 9.86. The molecule has 0 aliphatic carbocycles. The first kappa shape index (κ1) is 15.1. The zero-order valence-electron chi connectivity index (χ0n) is 10.4. The summed E-state index contributed by atoms with van der Waals surface area (Å²) in [6.07, 6.45) is -4.96. The summed E-state index contributed by atoms with van der Waals surface area (Å²) in [6, 6.07) is 10.7. The molecule has 4 nitrogen and oxygen atoms in total. The monoisotopic (exact) mass is 315 g/mol. The van der Waals surface area contributed by atoms with Crippen LogP contribution in [-0.2, 0) is 4.79 Å². The van der Waals surface area contributed by atoms with E-state index < -0.39 is 12.1 Å². The zero-order chi connectivity index (χ0) is 15.5. The van der Waals surface area contributed by atoms with Crippen molar-refractivity contribution in [3.63, 3.8) is 0 Å². The van der Waals surface area contributed by atoms with Gasteiger partial charge in [-0.1, -0.05) is 29.8 Å². The van der Waals surface area contributed by atoms with Gasteiger partial charge in [-0.2, -0.15) is 13.2 Å². The Morgan fingerprint density at radius 2 is 1.71 bits per heavy atom. The van der Waals surface area contributed by atoms with Crippen molar-refractivity contribution in [2.45, 2.75) is 6.18 Å².